The van der Waals surface area contributed by atoms with Crippen molar-refractivity contribution < 1.29 is 9.13 Å². The Kier molecular flexibility index (Phi) is 4.22. The molecular weight excluding hydrogens is 309 g/mol. The van der Waals surface area contributed by atoms with Crippen LogP contribution in [0.4, 0.5) is 4.39 Å². The fourth-order valence-corrected chi connectivity index (χ4v) is 2.15. The summed E-state index contributed by atoms with van der Waals surface area (Å²) < 4.78 is 20.3. The molecule has 0 aliphatic carbocycles. The molecule has 2 N–H and O–H groups in total. The molecule has 2 rings (SSSR count). The summed E-state index contributed by atoms with van der Waals surface area (Å²) in [6, 6.07) is 10.3. The predicted molar refractivity (Wildman–Crippen MR) is 78.0 cm³/mol. The predicted octanol–water partition coefficient (Wildman–Crippen LogP) is 4.71. The monoisotopic (exact) mass is 323 g/mol. The Labute approximate surface area is 120 Å². The molecule has 2 aromatic rings. The summed E-state index contributed by atoms with van der Waals surface area (Å²) in [5, 5.41) is 0. The van der Waals surface area contributed by atoms with Crippen LogP contribution in [0.3, 0.4) is 0 Å². The molecule has 0 amide bonds. The molecule has 0 aromatic heterocycles. The third kappa shape index (κ3) is 3.33. The molecule has 0 fully saturated rings. The molecule has 0 radical (unpaired) electrons. The number of halogens is 2. The highest BCUT2D eigenvalue weighted by atomic mass is 79.9. The van der Waals surface area contributed by atoms with Crippen molar-refractivity contribution in [3.63, 3.8) is 0 Å². The van der Waals surface area contributed by atoms with Crippen LogP contribution >= 0.6 is 15.9 Å². The summed E-state index contributed by atoms with van der Waals surface area (Å²) in [5.41, 5.74) is 7.05. The Morgan fingerprint density at radius 1 is 1.26 bits per heavy atom. The molecule has 2 aromatic carbocycles. The third-order valence-corrected chi connectivity index (χ3v) is 3.30. The molecule has 0 bridgehead atoms. The Bertz CT molecular complexity index is 599. The molecular formula is C15H15BrFNO. The lowest BCUT2D eigenvalue weighted by Gasteiger charge is -2.15. The Balaban J connectivity index is 2.41. The van der Waals surface area contributed by atoms with Gasteiger partial charge >= 0.3 is 0 Å². The SMILES string of the molecule is Cc1cc(Oc2cccc(Br)c2)c([C@@H](C)N)cc1F. The first-order chi connectivity index (χ1) is 8.97. The maximum Gasteiger partial charge on any atom is 0.132 e. The van der Waals surface area contributed by atoms with E-state index < -0.39 is 0 Å². The first kappa shape index (κ1) is 14.0. The summed E-state index contributed by atoms with van der Waals surface area (Å²) in [6.07, 6.45) is 0. The summed E-state index contributed by atoms with van der Waals surface area (Å²) in [7, 11) is 0. The van der Waals surface area contributed by atoms with E-state index in [0.717, 1.165) is 4.47 Å². The molecule has 0 unspecified atom stereocenters. The average molecular weight is 324 g/mol. The number of hydrogen-bond donors (Lipinski definition) is 1. The van der Waals surface area contributed by atoms with E-state index in [0.29, 0.717) is 22.6 Å². The molecule has 0 spiro atoms. The van der Waals surface area contributed by atoms with Crippen molar-refractivity contribution in [1.29, 1.82) is 0 Å². The standard InChI is InChI=1S/C15H15BrFNO/c1-9-6-15(13(10(2)18)8-14(9)17)19-12-5-3-4-11(16)7-12/h3-8,10H,18H2,1-2H3/t10-/m1/s1. The van der Waals surface area contributed by atoms with Gasteiger partial charge in [-0.15, -0.1) is 0 Å². The van der Waals surface area contributed by atoms with Gasteiger partial charge in [-0.1, -0.05) is 22.0 Å². The van der Waals surface area contributed by atoms with Gasteiger partial charge in [0.1, 0.15) is 17.3 Å². The highest BCUT2D eigenvalue weighted by molar-refractivity contribution is 9.10. The van der Waals surface area contributed by atoms with Gasteiger partial charge in [0.25, 0.3) is 0 Å². The van der Waals surface area contributed by atoms with E-state index in [4.69, 9.17) is 10.5 Å². The highest BCUT2D eigenvalue weighted by Crippen LogP contribution is 2.32. The maximum absolute atomic E-state index is 13.6. The minimum atomic E-state index is -0.294. The van der Waals surface area contributed by atoms with Crippen molar-refractivity contribution >= 4 is 15.9 Å². The second-order valence-electron chi connectivity index (χ2n) is 4.49. The fourth-order valence-electron chi connectivity index (χ4n) is 1.77. The minimum absolute atomic E-state index is 0.270. The van der Waals surface area contributed by atoms with Crippen LogP contribution in [0.1, 0.15) is 24.1 Å². The second-order valence-corrected chi connectivity index (χ2v) is 5.40. The van der Waals surface area contributed by atoms with Crippen LogP contribution in [0.15, 0.2) is 40.9 Å². The Morgan fingerprint density at radius 2 is 2.00 bits per heavy atom. The number of nitrogens with two attached hydrogens (primary N) is 1. The van der Waals surface area contributed by atoms with Crippen molar-refractivity contribution in [1.82, 2.24) is 0 Å². The first-order valence-electron chi connectivity index (χ1n) is 5.96. The van der Waals surface area contributed by atoms with Crippen molar-refractivity contribution in [3.05, 3.63) is 57.8 Å². The zero-order chi connectivity index (χ0) is 14.0. The van der Waals surface area contributed by atoms with Gasteiger partial charge in [-0.25, -0.2) is 4.39 Å². The van der Waals surface area contributed by atoms with Crippen LogP contribution in [0.5, 0.6) is 11.5 Å². The summed E-state index contributed by atoms with van der Waals surface area (Å²) in [4.78, 5) is 0. The molecule has 100 valence electrons. The topological polar surface area (TPSA) is 35.2 Å². The number of aryl methyl sites for hydroxylation is 1. The van der Waals surface area contributed by atoms with Gasteiger partial charge in [-0.05, 0) is 49.7 Å². The van der Waals surface area contributed by atoms with Crippen molar-refractivity contribution in [2.75, 3.05) is 0 Å². The summed E-state index contributed by atoms with van der Waals surface area (Å²) in [5.74, 6) is 1.00. The van der Waals surface area contributed by atoms with Gasteiger partial charge in [0.05, 0.1) is 0 Å². The normalized spacial score (nSPS) is 12.3. The lowest BCUT2D eigenvalue weighted by molar-refractivity contribution is 0.468. The molecule has 0 saturated heterocycles. The first-order valence-corrected chi connectivity index (χ1v) is 6.75. The minimum Gasteiger partial charge on any atom is -0.457 e. The van der Waals surface area contributed by atoms with Crippen molar-refractivity contribution in [2.24, 2.45) is 5.73 Å². The quantitative estimate of drug-likeness (QED) is 0.887. The van der Waals surface area contributed by atoms with Gasteiger partial charge < -0.3 is 10.5 Å². The van der Waals surface area contributed by atoms with Crippen LogP contribution in [-0.2, 0) is 0 Å². The van der Waals surface area contributed by atoms with Crippen LogP contribution in [-0.4, -0.2) is 0 Å². The van der Waals surface area contributed by atoms with E-state index in [9.17, 15) is 4.39 Å². The fraction of sp³-hybridized carbons (Fsp3) is 0.200. The van der Waals surface area contributed by atoms with E-state index in [1.807, 2.05) is 24.3 Å². The largest absolute Gasteiger partial charge is 0.457 e. The van der Waals surface area contributed by atoms with Crippen molar-refractivity contribution in [2.45, 2.75) is 19.9 Å². The van der Waals surface area contributed by atoms with Gasteiger partial charge in [-0.3, -0.25) is 0 Å². The Hall–Kier alpha value is -1.39. The number of ether oxygens (including phenoxy) is 1. The van der Waals surface area contributed by atoms with Gasteiger partial charge in [0.2, 0.25) is 0 Å². The summed E-state index contributed by atoms with van der Waals surface area (Å²) in [6.45, 7) is 3.51. The van der Waals surface area contributed by atoms with E-state index in [-0.39, 0.29) is 11.9 Å². The van der Waals surface area contributed by atoms with Crippen LogP contribution in [0, 0.1) is 12.7 Å². The van der Waals surface area contributed by atoms with Gasteiger partial charge in [0, 0.05) is 16.1 Å². The molecule has 0 saturated carbocycles. The number of rotatable bonds is 3. The third-order valence-electron chi connectivity index (χ3n) is 2.81. The van der Waals surface area contributed by atoms with Gasteiger partial charge in [0.15, 0.2) is 0 Å². The highest BCUT2D eigenvalue weighted by Gasteiger charge is 2.13. The molecule has 0 heterocycles. The lowest BCUT2D eigenvalue weighted by atomic mass is 10.1. The number of hydrogen-bond acceptors (Lipinski definition) is 2. The molecule has 2 nitrogen and oxygen atoms in total. The maximum atomic E-state index is 13.6. The second kappa shape index (κ2) is 5.72. The zero-order valence-electron chi connectivity index (χ0n) is 10.8. The smallest absolute Gasteiger partial charge is 0.132 e. The molecule has 4 heteroatoms. The average Bonchev–Trinajstić information content (AvgIpc) is 2.33. The molecule has 1 atom stereocenters. The van der Waals surface area contributed by atoms with E-state index >= 15 is 0 Å². The van der Waals surface area contributed by atoms with Crippen LogP contribution in [0.25, 0.3) is 0 Å². The van der Waals surface area contributed by atoms with Crippen molar-refractivity contribution in [3.8, 4) is 11.5 Å². The molecule has 0 aliphatic rings. The Morgan fingerprint density at radius 3 is 2.63 bits per heavy atom. The number of benzene rings is 2. The zero-order valence-corrected chi connectivity index (χ0v) is 12.4. The lowest BCUT2D eigenvalue weighted by Crippen LogP contribution is -2.08. The van der Waals surface area contributed by atoms with E-state index in [1.165, 1.54) is 6.07 Å². The summed E-state index contributed by atoms with van der Waals surface area (Å²) >= 11 is 3.38. The van der Waals surface area contributed by atoms with Crippen LogP contribution < -0.4 is 10.5 Å². The molecule has 0 aliphatic heterocycles. The molecule has 19 heavy (non-hydrogen) atoms. The van der Waals surface area contributed by atoms with Crippen LogP contribution in [0.2, 0.25) is 0 Å². The van der Waals surface area contributed by atoms with E-state index in [2.05, 4.69) is 15.9 Å². The van der Waals surface area contributed by atoms with Gasteiger partial charge in [-0.2, -0.15) is 0 Å². The van der Waals surface area contributed by atoms with E-state index in [1.54, 1.807) is 19.9 Å².